The van der Waals surface area contributed by atoms with Crippen molar-refractivity contribution in [3.8, 4) is 5.75 Å². The summed E-state index contributed by atoms with van der Waals surface area (Å²) in [5.41, 5.74) is 7.55. The van der Waals surface area contributed by atoms with E-state index < -0.39 is 0 Å². The number of nitrogens with two attached hydrogens (primary N) is 1. The van der Waals surface area contributed by atoms with Crippen molar-refractivity contribution in [1.29, 1.82) is 0 Å². The first-order chi connectivity index (χ1) is 9.31. The molecular formula is C15H16ClNO2. The smallest absolute Gasteiger partial charge is 0.189 e. The van der Waals surface area contributed by atoms with Gasteiger partial charge in [0.1, 0.15) is 5.75 Å². The van der Waals surface area contributed by atoms with Crippen molar-refractivity contribution in [2.75, 3.05) is 6.79 Å². The van der Waals surface area contributed by atoms with Gasteiger partial charge in [-0.25, -0.2) is 0 Å². The van der Waals surface area contributed by atoms with Crippen LogP contribution in [0.25, 0.3) is 0 Å². The second-order valence-electron chi connectivity index (χ2n) is 4.02. The third kappa shape index (κ3) is 3.96. The molecule has 0 unspecified atom stereocenters. The molecule has 100 valence electrons. The zero-order valence-corrected chi connectivity index (χ0v) is 11.3. The zero-order valence-electron chi connectivity index (χ0n) is 10.5. The van der Waals surface area contributed by atoms with E-state index in [0.29, 0.717) is 23.9 Å². The highest BCUT2D eigenvalue weighted by Gasteiger charge is 2.06. The van der Waals surface area contributed by atoms with Gasteiger partial charge in [-0.3, -0.25) is 0 Å². The largest absolute Gasteiger partial charge is 0.467 e. The molecule has 0 bridgehead atoms. The number of rotatable bonds is 6. The fourth-order valence-electron chi connectivity index (χ4n) is 1.71. The van der Waals surface area contributed by atoms with Gasteiger partial charge in [0.05, 0.1) is 6.61 Å². The third-order valence-electron chi connectivity index (χ3n) is 2.69. The van der Waals surface area contributed by atoms with Crippen molar-refractivity contribution in [3.63, 3.8) is 0 Å². The molecule has 19 heavy (non-hydrogen) atoms. The lowest BCUT2D eigenvalue weighted by atomic mass is 10.2. The molecule has 2 aromatic carbocycles. The predicted octanol–water partition coefficient (Wildman–Crippen LogP) is 3.35. The summed E-state index contributed by atoms with van der Waals surface area (Å²) < 4.78 is 11.0. The average Bonchev–Trinajstić information content (AvgIpc) is 2.45. The van der Waals surface area contributed by atoms with E-state index in [9.17, 15) is 0 Å². The Morgan fingerprint density at radius 3 is 2.53 bits per heavy atom. The van der Waals surface area contributed by atoms with Crippen LogP contribution in [0.4, 0.5) is 0 Å². The first kappa shape index (κ1) is 13.9. The lowest BCUT2D eigenvalue weighted by Gasteiger charge is -2.11. The maximum absolute atomic E-state index is 6.04. The molecule has 3 nitrogen and oxygen atoms in total. The molecule has 0 aliphatic carbocycles. The van der Waals surface area contributed by atoms with E-state index in [1.54, 1.807) is 6.07 Å². The molecule has 0 spiro atoms. The molecule has 2 N–H and O–H groups in total. The fraction of sp³-hybridized carbons (Fsp3) is 0.200. The number of hydrogen-bond acceptors (Lipinski definition) is 3. The van der Waals surface area contributed by atoms with Gasteiger partial charge in [-0.1, -0.05) is 48.0 Å². The van der Waals surface area contributed by atoms with Gasteiger partial charge in [-0.15, -0.1) is 0 Å². The van der Waals surface area contributed by atoms with Gasteiger partial charge in [0, 0.05) is 17.1 Å². The van der Waals surface area contributed by atoms with Gasteiger partial charge < -0.3 is 15.2 Å². The summed E-state index contributed by atoms with van der Waals surface area (Å²) in [6.45, 7) is 1.02. The number of hydrogen-bond donors (Lipinski definition) is 1. The van der Waals surface area contributed by atoms with E-state index in [1.165, 1.54) is 0 Å². The van der Waals surface area contributed by atoms with Crippen LogP contribution in [-0.2, 0) is 17.9 Å². The molecule has 4 heteroatoms. The molecule has 0 aliphatic rings. The van der Waals surface area contributed by atoms with Gasteiger partial charge in [0.25, 0.3) is 0 Å². The Labute approximate surface area is 117 Å². The summed E-state index contributed by atoms with van der Waals surface area (Å²) in [5.74, 6) is 0.670. The molecule has 0 aromatic heterocycles. The highest BCUT2D eigenvalue weighted by atomic mass is 35.5. The second kappa shape index (κ2) is 7.14. The Morgan fingerprint density at radius 2 is 1.79 bits per heavy atom. The van der Waals surface area contributed by atoms with E-state index in [2.05, 4.69) is 0 Å². The van der Waals surface area contributed by atoms with Crippen molar-refractivity contribution < 1.29 is 9.47 Å². The number of ether oxygens (including phenoxy) is 2. The fourth-order valence-corrected chi connectivity index (χ4v) is 1.95. The number of benzene rings is 2. The summed E-state index contributed by atoms with van der Waals surface area (Å²) in [5, 5.41) is 0.614. The van der Waals surface area contributed by atoms with Crippen molar-refractivity contribution >= 4 is 11.6 Å². The van der Waals surface area contributed by atoms with E-state index in [4.69, 9.17) is 26.8 Å². The minimum Gasteiger partial charge on any atom is -0.467 e. The molecule has 0 radical (unpaired) electrons. The summed E-state index contributed by atoms with van der Waals surface area (Å²) >= 11 is 6.04. The molecule has 2 aromatic rings. The van der Waals surface area contributed by atoms with Gasteiger partial charge in [-0.2, -0.15) is 0 Å². The van der Waals surface area contributed by atoms with Gasteiger partial charge in [0.15, 0.2) is 6.79 Å². The predicted molar refractivity (Wildman–Crippen MR) is 76.1 cm³/mol. The molecule has 0 atom stereocenters. The first-order valence-electron chi connectivity index (χ1n) is 6.03. The van der Waals surface area contributed by atoms with Crippen LogP contribution in [-0.4, -0.2) is 6.79 Å². The van der Waals surface area contributed by atoms with Gasteiger partial charge in [0.2, 0.25) is 0 Å². The van der Waals surface area contributed by atoms with Crippen molar-refractivity contribution in [3.05, 3.63) is 64.7 Å². The summed E-state index contributed by atoms with van der Waals surface area (Å²) in [4.78, 5) is 0. The van der Waals surface area contributed by atoms with E-state index in [-0.39, 0.29) is 6.79 Å². The Balaban J connectivity index is 1.85. The maximum Gasteiger partial charge on any atom is 0.189 e. The van der Waals surface area contributed by atoms with E-state index in [1.807, 2.05) is 42.5 Å². The number of halogens is 1. The standard InChI is InChI=1S/C15H16ClNO2/c16-14-7-4-8-15(13(14)9-17)19-11-18-10-12-5-2-1-3-6-12/h1-8H,9-11,17H2. The summed E-state index contributed by atoms with van der Waals surface area (Å²) in [6, 6.07) is 15.4. The third-order valence-corrected chi connectivity index (χ3v) is 3.04. The average molecular weight is 278 g/mol. The van der Waals surface area contributed by atoms with Crippen LogP contribution >= 0.6 is 11.6 Å². The zero-order chi connectivity index (χ0) is 13.5. The normalized spacial score (nSPS) is 10.4. The SMILES string of the molecule is NCc1c(Cl)cccc1OCOCc1ccccc1. The molecular weight excluding hydrogens is 262 g/mol. The first-order valence-corrected chi connectivity index (χ1v) is 6.41. The van der Waals surface area contributed by atoms with Gasteiger partial charge >= 0.3 is 0 Å². The molecule has 0 amide bonds. The Morgan fingerprint density at radius 1 is 1.00 bits per heavy atom. The van der Waals surface area contributed by atoms with E-state index in [0.717, 1.165) is 11.1 Å². The van der Waals surface area contributed by atoms with Crippen molar-refractivity contribution in [2.24, 2.45) is 5.73 Å². The quantitative estimate of drug-likeness (QED) is 0.650. The molecule has 0 saturated heterocycles. The highest BCUT2D eigenvalue weighted by Crippen LogP contribution is 2.25. The lowest BCUT2D eigenvalue weighted by Crippen LogP contribution is -2.07. The van der Waals surface area contributed by atoms with E-state index >= 15 is 0 Å². The Hall–Kier alpha value is -1.55. The Bertz CT molecular complexity index is 517. The molecule has 0 saturated carbocycles. The molecule has 0 heterocycles. The van der Waals surface area contributed by atoms with Crippen LogP contribution in [0.1, 0.15) is 11.1 Å². The highest BCUT2D eigenvalue weighted by molar-refractivity contribution is 6.31. The summed E-state index contributed by atoms with van der Waals surface area (Å²) in [6.07, 6.45) is 0. The van der Waals surface area contributed by atoms with Crippen LogP contribution in [0, 0.1) is 0 Å². The summed E-state index contributed by atoms with van der Waals surface area (Å²) in [7, 11) is 0. The molecule has 0 fully saturated rings. The van der Waals surface area contributed by atoms with Crippen LogP contribution < -0.4 is 10.5 Å². The van der Waals surface area contributed by atoms with Crippen LogP contribution in [0.3, 0.4) is 0 Å². The minimum atomic E-state index is 0.169. The van der Waals surface area contributed by atoms with Gasteiger partial charge in [-0.05, 0) is 17.7 Å². The second-order valence-corrected chi connectivity index (χ2v) is 4.42. The van der Waals surface area contributed by atoms with Crippen molar-refractivity contribution in [2.45, 2.75) is 13.2 Å². The van der Waals surface area contributed by atoms with Crippen LogP contribution in [0.15, 0.2) is 48.5 Å². The van der Waals surface area contributed by atoms with Crippen molar-refractivity contribution in [1.82, 2.24) is 0 Å². The van der Waals surface area contributed by atoms with Crippen LogP contribution in [0.5, 0.6) is 5.75 Å². The molecule has 0 aliphatic heterocycles. The minimum absolute atomic E-state index is 0.169. The monoisotopic (exact) mass is 277 g/mol. The maximum atomic E-state index is 6.04. The van der Waals surface area contributed by atoms with Crippen LogP contribution in [0.2, 0.25) is 5.02 Å². The topological polar surface area (TPSA) is 44.5 Å². The Kier molecular flexibility index (Phi) is 5.21. The lowest BCUT2D eigenvalue weighted by molar-refractivity contribution is 0.00456. The molecule has 2 rings (SSSR count).